The lowest BCUT2D eigenvalue weighted by atomic mass is 10.0. The van der Waals surface area contributed by atoms with E-state index >= 15 is 0 Å². The lowest BCUT2D eigenvalue weighted by Crippen LogP contribution is -2.26. The van der Waals surface area contributed by atoms with Crippen LogP contribution in [0.4, 0.5) is 103 Å². The van der Waals surface area contributed by atoms with Gasteiger partial charge in [-0.15, -0.1) is 0 Å². The number of hydrogen-bond donors (Lipinski definition) is 0. The van der Waals surface area contributed by atoms with Gasteiger partial charge in [-0.2, -0.15) is 9.97 Å². The predicted molar refractivity (Wildman–Crippen MR) is 319 cm³/mol. The van der Waals surface area contributed by atoms with Gasteiger partial charge in [0.1, 0.15) is 0 Å². The van der Waals surface area contributed by atoms with Crippen LogP contribution in [0.5, 0.6) is 0 Å². The topological polar surface area (TPSA) is 58.1 Å². The first-order chi connectivity index (χ1) is 38.8. The van der Waals surface area contributed by atoms with E-state index in [0.29, 0.717) is 17.6 Å². The van der Waals surface area contributed by atoms with Gasteiger partial charge in [0.25, 0.3) is 0 Å². The first kappa shape index (κ1) is 44.7. The Morgan fingerprint density at radius 3 is 0.641 bits per heavy atom. The summed E-state index contributed by atoms with van der Waals surface area (Å²) in [4.78, 5) is 30.9. The lowest BCUT2D eigenvalue weighted by Gasteiger charge is -2.41. The van der Waals surface area contributed by atoms with Crippen LogP contribution in [-0.2, 0) is 0 Å². The zero-order chi connectivity index (χ0) is 51.5. The Morgan fingerprint density at radius 2 is 0.372 bits per heavy atom. The summed E-state index contributed by atoms with van der Waals surface area (Å²) < 4.78 is 0. The van der Waals surface area contributed by atoms with Gasteiger partial charge in [0, 0.05) is 28.2 Å². The SMILES string of the molecule is c1ccc(N2c3ccccc3N(c3nc(-c4ccccc4N4c5ccccc5N(c5ccccc5)c5ccccc54)nc(-c4ccccc4N4c5ccccc5N(c5ccccc5)c5ccccc54)n3)c3ccccc32)cc1. The van der Waals surface area contributed by atoms with Crippen molar-refractivity contribution in [3.8, 4) is 22.8 Å². The maximum Gasteiger partial charge on any atom is 0.238 e. The molecule has 368 valence electrons. The second kappa shape index (κ2) is 18.6. The quantitative estimate of drug-likeness (QED) is 0.148. The zero-order valence-electron chi connectivity index (χ0n) is 42.2. The van der Waals surface area contributed by atoms with E-state index in [1.807, 2.05) is 0 Å². The molecular formula is C69H47N9. The molecule has 0 saturated heterocycles. The van der Waals surface area contributed by atoms with Crippen LogP contribution in [0.25, 0.3) is 22.8 Å². The van der Waals surface area contributed by atoms with Crippen LogP contribution >= 0.6 is 0 Å². The number of hydrogen-bond acceptors (Lipinski definition) is 9. The van der Waals surface area contributed by atoms with Crippen LogP contribution in [0.15, 0.2) is 285 Å². The molecule has 0 N–H and O–H groups in total. The molecule has 0 atom stereocenters. The molecule has 3 aliphatic rings. The van der Waals surface area contributed by atoms with Gasteiger partial charge < -0.3 is 24.5 Å². The van der Waals surface area contributed by atoms with E-state index in [1.165, 1.54) is 0 Å². The van der Waals surface area contributed by atoms with Crippen LogP contribution in [0.3, 0.4) is 0 Å². The highest BCUT2D eigenvalue weighted by Crippen LogP contribution is 2.58. The number of para-hydroxylation sites is 17. The van der Waals surface area contributed by atoms with Gasteiger partial charge in [-0.25, -0.2) is 4.98 Å². The number of fused-ring (bicyclic) bond motifs is 6. The molecule has 0 aliphatic carbocycles. The summed E-state index contributed by atoms with van der Waals surface area (Å²) in [6, 6.07) is 100. The fourth-order valence-corrected chi connectivity index (χ4v) is 11.6. The molecule has 78 heavy (non-hydrogen) atoms. The van der Waals surface area contributed by atoms with Crippen molar-refractivity contribution in [1.82, 2.24) is 15.0 Å². The van der Waals surface area contributed by atoms with E-state index in [-0.39, 0.29) is 0 Å². The molecule has 3 aliphatic heterocycles. The maximum atomic E-state index is 5.67. The van der Waals surface area contributed by atoms with Crippen molar-refractivity contribution in [3.05, 3.63) is 285 Å². The smallest absolute Gasteiger partial charge is 0.238 e. The van der Waals surface area contributed by atoms with E-state index in [1.54, 1.807) is 0 Å². The summed E-state index contributed by atoms with van der Waals surface area (Å²) in [6.07, 6.45) is 0. The van der Waals surface area contributed by atoms with Gasteiger partial charge in [-0.1, -0.05) is 152 Å². The molecule has 11 aromatic carbocycles. The molecule has 4 heterocycles. The minimum Gasteiger partial charge on any atom is -0.306 e. The highest BCUT2D eigenvalue weighted by atomic mass is 15.3. The normalized spacial score (nSPS) is 13.0. The minimum atomic E-state index is 0.483. The Balaban J connectivity index is 0.973. The molecule has 15 rings (SSSR count). The minimum absolute atomic E-state index is 0.483. The standard InChI is InChI=1S/C69H47N9/c1-4-26-48(27-5-1)73-55-36-14-20-42-61(55)76(62-43-21-15-37-56(62)73)53-34-12-10-32-51(53)67-70-68(72-69(71-67)78-65-46-24-18-40-59(65)75(50-30-8-3-9-31-50)60-41-19-25-47-66(60)78)52-33-11-13-35-54(52)77-63-44-22-16-38-57(63)74(49-28-6-2-7-29-49)58-39-17-23-45-64(58)77/h1-47H. The van der Waals surface area contributed by atoms with E-state index in [4.69, 9.17) is 15.0 Å². The van der Waals surface area contributed by atoms with Crippen LogP contribution in [-0.4, -0.2) is 15.0 Å². The Morgan fingerprint density at radius 1 is 0.167 bits per heavy atom. The highest BCUT2D eigenvalue weighted by Gasteiger charge is 2.36. The fourth-order valence-electron chi connectivity index (χ4n) is 11.6. The van der Waals surface area contributed by atoms with E-state index in [9.17, 15) is 0 Å². The van der Waals surface area contributed by atoms with Crippen LogP contribution in [0.1, 0.15) is 0 Å². The second-order valence-corrected chi connectivity index (χ2v) is 19.3. The molecule has 9 nitrogen and oxygen atoms in total. The molecule has 12 aromatic rings. The molecule has 0 spiro atoms. The molecule has 0 unspecified atom stereocenters. The van der Waals surface area contributed by atoms with Gasteiger partial charge in [-0.3, -0.25) is 4.90 Å². The Hall–Kier alpha value is -10.8. The third-order valence-electron chi connectivity index (χ3n) is 14.8. The summed E-state index contributed by atoms with van der Waals surface area (Å²) >= 11 is 0. The molecule has 9 heteroatoms. The maximum absolute atomic E-state index is 5.67. The monoisotopic (exact) mass is 1000 g/mol. The largest absolute Gasteiger partial charge is 0.306 e. The van der Waals surface area contributed by atoms with Crippen molar-refractivity contribution in [3.63, 3.8) is 0 Å². The molecule has 0 bridgehead atoms. The third-order valence-corrected chi connectivity index (χ3v) is 14.8. The van der Waals surface area contributed by atoms with Gasteiger partial charge in [-0.05, 0) is 133 Å². The van der Waals surface area contributed by atoms with Crippen LogP contribution < -0.4 is 29.4 Å². The average Bonchev–Trinajstić information content (AvgIpc) is 3.67. The fraction of sp³-hybridized carbons (Fsp3) is 0. The number of nitrogens with zero attached hydrogens (tertiary/aromatic N) is 9. The number of benzene rings is 11. The van der Waals surface area contributed by atoms with Crippen molar-refractivity contribution >= 4 is 103 Å². The molecule has 1 aromatic heterocycles. The average molecular weight is 1000 g/mol. The predicted octanol–water partition coefficient (Wildman–Crippen LogP) is 19.0. The molecule has 0 saturated carbocycles. The molecule has 0 fully saturated rings. The summed E-state index contributed by atoms with van der Waals surface area (Å²) in [5.41, 5.74) is 19.0. The lowest BCUT2D eigenvalue weighted by molar-refractivity contribution is 1.01. The van der Waals surface area contributed by atoms with Crippen molar-refractivity contribution in [2.75, 3.05) is 29.4 Å². The summed E-state index contributed by atoms with van der Waals surface area (Å²) in [5, 5.41) is 0. The van der Waals surface area contributed by atoms with Crippen molar-refractivity contribution in [1.29, 1.82) is 0 Å². The third kappa shape index (κ3) is 7.21. The van der Waals surface area contributed by atoms with Gasteiger partial charge in [0.2, 0.25) is 5.95 Å². The molecular weight excluding hydrogens is 955 g/mol. The van der Waals surface area contributed by atoms with Gasteiger partial charge in [0.15, 0.2) is 11.6 Å². The van der Waals surface area contributed by atoms with E-state index < -0.39 is 0 Å². The number of rotatable bonds is 8. The zero-order valence-corrected chi connectivity index (χ0v) is 42.2. The molecule has 0 radical (unpaired) electrons. The van der Waals surface area contributed by atoms with Crippen molar-refractivity contribution < 1.29 is 0 Å². The van der Waals surface area contributed by atoms with Crippen LogP contribution in [0.2, 0.25) is 0 Å². The van der Waals surface area contributed by atoms with Crippen molar-refractivity contribution in [2.45, 2.75) is 0 Å². The van der Waals surface area contributed by atoms with Crippen molar-refractivity contribution in [2.24, 2.45) is 0 Å². The van der Waals surface area contributed by atoms with E-state index in [0.717, 1.165) is 108 Å². The Kier molecular flexibility index (Phi) is 10.6. The Labute approximate surface area is 452 Å². The number of anilines is 18. The molecule has 0 amide bonds. The summed E-state index contributed by atoms with van der Waals surface area (Å²) in [6.45, 7) is 0. The van der Waals surface area contributed by atoms with Gasteiger partial charge in [0.05, 0.1) is 79.6 Å². The first-order valence-corrected chi connectivity index (χ1v) is 26.2. The first-order valence-electron chi connectivity index (χ1n) is 26.2. The number of aromatic nitrogens is 3. The Bertz CT molecular complexity index is 3880. The summed E-state index contributed by atoms with van der Waals surface area (Å²) in [7, 11) is 0. The van der Waals surface area contributed by atoms with Crippen LogP contribution in [0, 0.1) is 0 Å². The highest BCUT2D eigenvalue weighted by molar-refractivity contribution is 6.06. The summed E-state index contributed by atoms with van der Waals surface area (Å²) in [5.74, 6) is 1.53. The van der Waals surface area contributed by atoms with Gasteiger partial charge >= 0.3 is 0 Å². The van der Waals surface area contributed by atoms with E-state index in [2.05, 4.69) is 315 Å². The second-order valence-electron chi connectivity index (χ2n) is 19.3.